The van der Waals surface area contributed by atoms with Gasteiger partial charge in [-0.25, -0.2) is 0 Å². The molecule has 4 atom stereocenters. The molecule has 0 unspecified atom stereocenters. The fraction of sp³-hybridized carbons (Fsp3) is 0.348. The molecule has 2 aromatic rings. The highest BCUT2D eigenvalue weighted by atomic mass is 16.5. The van der Waals surface area contributed by atoms with Gasteiger partial charge in [0.2, 0.25) is 17.7 Å². The molecular formula is C23H23N3O4. The topological polar surface area (TPSA) is 87.7 Å². The summed E-state index contributed by atoms with van der Waals surface area (Å²) in [5.74, 6) is -2.20. The summed E-state index contributed by atoms with van der Waals surface area (Å²) >= 11 is 0. The Labute approximate surface area is 174 Å². The van der Waals surface area contributed by atoms with Crippen molar-refractivity contribution in [2.45, 2.75) is 18.0 Å². The van der Waals surface area contributed by atoms with Crippen molar-refractivity contribution in [1.29, 1.82) is 0 Å². The molecule has 1 spiro atoms. The number of rotatable bonds is 5. The van der Waals surface area contributed by atoms with E-state index < -0.39 is 17.4 Å². The van der Waals surface area contributed by atoms with Crippen LogP contribution < -0.4 is 10.6 Å². The highest BCUT2D eigenvalue weighted by Crippen LogP contribution is 2.53. The van der Waals surface area contributed by atoms with Crippen molar-refractivity contribution >= 4 is 23.4 Å². The molecule has 30 heavy (non-hydrogen) atoms. The first-order valence-corrected chi connectivity index (χ1v) is 10.1. The summed E-state index contributed by atoms with van der Waals surface area (Å²) in [5.41, 5.74) is 1.23. The van der Waals surface area contributed by atoms with Crippen molar-refractivity contribution in [1.82, 2.24) is 10.2 Å². The number of carbonyl (C=O) groups excluding carboxylic acids is 3. The Morgan fingerprint density at radius 3 is 2.50 bits per heavy atom. The van der Waals surface area contributed by atoms with Crippen molar-refractivity contribution in [3.63, 3.8) is 0 Å². The van der Waals surface area contributed by atoms with Crippen molar-refractivity contribution in [3.05, 3.63) is 65.7 Å². The minimum absolute atomic E-state index is 0.193. The molecule has 2 aromatic carbocycles. The van der Waals surface area contributed by atoms with E-state index in [1.807, 2.05) is 54.6 Å². The molecule has 3 amide bonds. The summed E-state index contributed by atoms with van der Waals surface area (Å²) in [7, 11) is 1.54. The van der Waals surface area contributed by atoms with Gasteiger partial charge in [-0.1, -0.05) is 48.5 Å². The second kappa shape index (κ2) is 7.04. The average molecular weight is 405 g/mol. The number of ether oxygens (including phenoxy) is 1. The lowest BCUT2D eigenvalue weighted by Crippen LogP contribution is -2.53. The number of para-hydroxylation sites is 1. The maximum absolute atomic E-state index is 13.4. The molecule has 5 rings (SSSR count). The first-order valence-electron chi connectivity index (χ1n) is 10.1. The Morgan fingerprint density at radius 2 is 1.73 bits per heavy atom. The first-order chi connectivity index (χ1) is 14.6. The Hall–Kier alpha value is -3.03. The van der Waals surface area contributed by atoms with Crippen molar-refractivity contribution < 1.29 is 19.1 Å². The van der Waals surface area contributed by atoms with E-state index in [2.05, 4.69) is 10.6 Å². The molecule has 3 aliphatic rings. The average Bonchev–Trinajstić information content (AvgIpc) is 3.33. The summed E-state index contributed by atoms with van der Waals surface area (Å²) < 4.78 is 5.10. The van der Waals surface area contributed by atoms with Crippen LogP contribution in [0.1, 0.15) is 11.1 Å². The van der Waals surface area contributed by atoms with Gasteiger partial charge in [0.1, 0.15) is 5.54 Å². The minimum Gasteiger partial charge on any atom is -0.383 e. The third-order valence-corrected chi connectivity index (χ3v) is 6.53. The molecule has 2 N–H and O–H groups in total. The van der Waals surface area contributed by atoms with Crippen LogP contribution in [0.2, 0.25) is 0 Å². The third-order valence-electron chi connectivity index (χ3n) is 6.53. The van der Waals surface area contributed by atoms with Crippen LogP contribution in [0.5, 0.6) is 0 Å². The highest BCUT2D eigenvalue weighted by Gasteiger charge is 2.70. The van der Waals surface area contributed by atoms with Gasteiger partial charge in [0, 0.05) is 24.4 Å². The summed E-state index contributed by atoms with van der Waals surface area (Å²) in [4.78, 5) is 41.3. The largest absolute Gasteiger partial charge is 0.383 e. The standard InChI is InChI=1S/C23H23N3O4/c1-30-12-11-26-20(27)18-17(13-14-7-3-2-4-8-14)25-23(19(18)21(26)28)15-9-5-6-10-16(15)24-22(23)29/h2-10,17-19,25H,11-13H2,1H3,(H,24,29)/t17-,18+,19-,23-/m0/s1. The third kappa shape index (κ3) is 2.55. The molecule has 0 aromatic heterocycles. The van der Waals surface area contributed by atoms with Crippen LogP contribution in [0.15, 0.2) is 54.6 Å². The van der Waals surface area contributed by atoms with Crippen LogP contribution in [0.3, 0.4) is 0 Å². The van der Waals surface area contributed by atoms with E-state index in [1.54, 1.807) is 0 Å². The predicted molar refractivity (Wildman–Crippen MR) is 109 cm³/mol. The second-order valence-electron chi connectivity index (χ2n) is 8.07. The van der Waals surface area contributed by atoms with Gasteiger partial charge < -0.3 is 10.1 Å². The van der Waals surface area contributed by atoms with Gasteiger partial charge in [-0.2, -0.15) is 0 Å². The summed E-state index contributed by atoms with van der Waals surface area (Å²) in [6.45, 7) is 0.460. The van der Waals surface area contributed by atoms with Crippen LogP contribution in [0.4, 0.5) is 5.69 Å². The van der Waals surface area contributed by atoms with Gasteiger partial charge in [0.15, 0.2) is 0 Å². The SMILES string of the molecule is COCCN1C(=O)[C@@H]2[C@H](Cc3ccccc3)N[C@]3(C(=O)Nc4ccccc43)[C@@H]2C1=O. The second-order valence-corrected chi connectivity index (χ2v) is 8.07. The van der Waals surface area contributed by atoms with Crippen LogP contribution in [-0.2, 0) is 31.1 Å². The number of likely N-dealkylation sites (tertiary alicyclic amines) is 1. The lowest BCUT2D eigenvalue weighted by atomic mass is 9.76. The minimum atomic E-state index is -1.24. The number of fused-ring (bicyclic) bond motifs is 4. The smallest absolute Gasteiger partial charge is 0.250 e. The van der Waals surface area contributed by atoms with Crippen molar-refractivity contribution in [2.75, 3.05) is 25.6 Å². The molecular weight excluding hydrogens is 382 g/mol. The van der Waals surface area contributed by atoms with E-state index in [9.17, 15) is 14.4 Å². The number of anilines is 1. The van der Waals surface area contributed by atoms with Gasteiger partial charge in [-0.15, -0.1) is 0 Å². The van der Waals surface area contributed by atoms with E-state index >= 15 is 0 Å². The predicted octanol–water partition coefficient (Wildman–Crippen LogP) is 1.30. The van der Waals surface area contributed by atoms with Crippen molar-refractivity contribution in [3.8, 4) is 0 Å². The van der Waals surface area contributed by atoms with Crippen LogP contribution in [0, 0.1) is 11.8 Å². The summed E-state index contributed by atoms with van der Waals surface area (Å²) in [6.07, 6.45) is 0.552. The Morgan fingerprint density at radius 1 is 1.00 bits per heavy atom. The molecule has 3 aliphatic heterocycles. The maximum atomic E-state index is 13.4. The number of amides is 3. The number of hydrogen-bond acceptors (Lipinski definition) is 5. The normalized spacial score (nSPS) is 29.4. The van der Waals surface area contributed by atoms with E-state index in [0.29, 0.717) is 12.1 Å². The summed E-state index contributed by atoms with van der Waals surface area (Å²) in [6, 6.07) is 16.9. The molecule has 0 bridgehead atoms. The van der Waals surface area contributed by atoms with E-state index in [1.165, 1.54) is 12.0 Å². The Kier molecular flexibility index (Phi) is 4.45. The quantitative estimate of drug-likeness (QED) is 0.732. The summed E-state index contributed by atoms with van der Waals surface area (Å²) in [5, 5.41) is 6.36. The fourth-order valence-corrected chi connectivity index (χ4v) is 5.26. The number of nitrogens with one attached hydrogen (secondary N) is 2. The number of methoxy groups -OCH3 is 1. The van der Waals surface area contributed by atoms with Gasteiger partial charge >= 0.3 is 0 Å². The Bertz CT molecular complexity index is 1020. The maximum Gasteiger partial charge on any atom is 0.250 e. The van der Waals surface area contributed by atoms with Crippen molar-refractivity contribution in [2.24, 2.45) is 11.8 Å². The number of benzene rings is 2. The molecule has 7 nitrogen and oxygen atoms in total. The number of nitrogens with zero attached hydrogens (tertiary/aromatic N) is 1. The zero-order chi connectivity index (χ0) is 20.9. The number of carbonyl (C=O) groups is 3. The monoisotopic (exact) mass is 405 g/mol. The Balaban J connectivity index is 1.60. The van der Waals surface area contributed by atoms with Crippen LogP contribution in [-0.4, -0.2) is 48.9 Å². The van der Waals surface area contributed by atoms with Gasteiger partial charge in [0.25, 0.3) is 0 Å². The molecule has 3 heterocycles. The van der Waals surface area contributed by atoms with E-state index in [0.717, 1.165) is 11.1 Å². The molecule has 0 aliphatic carbocycles. The van der Waals surface area contributed by atoms with Crippen LogP contribution in [0.25, 0.3) is 0 Å². The van der Waals surface area contributed by atoms with E-state index in [4.69, 9.17) is 4.74 Å². The van der Waals surface area contributed by atoms with Gasteiger partial charge in [0.05, 0.1) is 25.0 Å². The van der Waals surface area contributed by atoms with Crippen LogP contribution >= 0.6 is 0 Å². The molecule has 7 heteroatoms. The number of imide groups is 1. The van der Waals surface area contributed by atoms with Gasteiger partial charge in [-0.3, -0.25) is 24.6 Å². The molecule has 154 valence electrons. The first kappa shape index (κ1) is 19.0. The molecule has 2 fully saturated rings. The van der Waals surface area contributed by atoms with E-state index in [-0.39, 0.29) is 36.9 Å². The molecule has 2 saturated heterocycles. The lowest BCUT2D eigenvalue weighted by molar-refractivity contribution is -0.143. The zero-order valence-corrected chi connectivity index (χ0v) is 16.6. The van der Waals surface area contributed by atoms with Gasteiger partial charge in [-0.05, 0) is 18.1 Å². The molecule has 0 radical (unpaired) electrons. The molecule has 0 saturated carbocycles. The fourth-order valence-electron chi connectivity index (χ4n) is 5.26. The number of hydrogen-bond donors (Lipinski definition) is 2. The highest BCUT2D eigenvalue weighted by molar-refractivity contribution is 6.15. The lowest BCUT2D eigenvalue weighted by Gasteiger charge is -2.29. The zero-order valence-electron chi connectivity index (χ0n) is 16.6.